The Balaban J connectivity index is 2.42. The van der Waals surface area contributed by atoms with Crippen LogP contribution in [-0.2, 0) is 4.79 Å². The number of fused-ring (bicyclic) bond motifs is 1. The van der Waals surface area contributed by atoms with Crippen LogP contribution in [0.2, 0.25) is 0 Å². The molecule has 0 atom stereocenters. The Bertz CT molecular complexity index is 607. The molecule has 8 heteroatoms. The number of nitrogens with one attached hydrogen (secondary N) is 1. The van der Waals surface area contributed by atoms with Gasteiger partial charge in [0.2, 0.25) is 5.91 Å². The quantitative estimate of drug-likeness (QED) is 0.587. The molecule has 2 rings (SSSR count). The van der Waals surface area contributed by atoms with Crippen LogP contribution in [0.5, 0.6) is 0 Å². The number of anilines is 2. The number of aromatic nitrogens is 3. The molecule has 2 aromatic rings. The number of nitrogens with two attached hydrogens (primary N) is 1. The summed E-state index contributed by atoms with van der Waals surface area (Å²) in [5, 5.41) is 0. The average Bonchev–Trinajstić information content (AvgIpc) is 2.91. The van der Waals surface area contributed by atoms with Gasteiger partial charge in [0.05, 0.1) is 12.7 Å². The maximum Gasteiger partial charge on any atom is 0.241 e. The first-order valence-corrected chi connectivity index (χ1v) is 6.32. The largest absolute Gasteiger partial charge is 0.347 e. The van der Waals surface area contributed by atoms with E-state index in [4.69, 9.17) is 5.84 Å². The molecule has 0 spiro atoms. The van der Waals surface area contributed by atoms with Crippen molar-refractivity contribution in [1.82, 2.24) is 19.3 Å². The van der Waals surface area contributed by atoms with Gasteiger partial charge in [-0.2, -0.15) is 0 Å². The molecule has 0 saturated heterocycles. The summed E-state index contributed by atoms with van der Waals surface area (Å²) in [6.45, 7) is 2.85. The number of imidazole rings is 1. The Morgan fingerprint density at radius 2 is 2.25 bits per heavy atom. The van der Waals surface area contributed by atoms with Gasteiger partial charge in [0.1, 0.15) is 0 Å². The molecule has 1 amide bonds. The van der Waals surface area contributed by atoms with Crippen LogP contribution in [-0.4, -0.2) is 52.4 Å². The topological polar surface area (TPSA) is 91.8 Å². The number of likely N-dealkylation sites (N-methyl/N-ethyl adjacent to an activating group) is 2. The van der Waals surface area contributed by atoms with Gasteiger partial charge >= 0.3 is 0 Å². The highest BCUT2D eigenvalue weighted by molar-refractivity contribution is 5.82. The first-order valence-electron chi connectivity index (χ1n) is 6.32. The van der Waals surface area contributed by atoms with E-state index in [9.17, 15) is 4.79 Å². The third-order valence-corrected chi connectivity index (χ3v) is 3.01. The molecular weight excluding hydrogens is 258 g/mol. The molecule has 0 bridgehead atoms. The van der Waals surface area contributed by atoms with Crippen molar-refractivity contribution in [3.8, 4) is 0 Å². The van der Waals surface area contributed by atoms with Crippen LogP contribution < -0.4 is 16.2 Å². The second-order valence-electron chi connectivity index (χ2n) is 4.55. The van der Waals surface area contributed by atoms with Crippen molar-refractivity contribution >= 4 is 23.2 Å². The molecule has 0 aliphatic carbocycles. The molecule has 0 unspecified atom stereocenters. The number of hydrogen-bond donors (Lipinski definition) is 2. The third-order valence-electron chi connectivity index (χ3n) is 3.01. The Labute approximate surface area is 117 Å². The maximum absolute atomic E-state index is 11.9. The van der Waals surface area contributed by atoms with E-state index in [0.29, 0.717) is 23.8 Å². The van der Waals surface area contributed by atoms with Crippen LogP contribution in [0, 0.1) is 0 Å². The van der Waals surface area contributed by atoms with Gasteiger partial charge in [0.15, 0.2) is 17.3 Å². The van der Waals surface area contributed by atoms with Crippen molar-refractivity contribution in [2.24, 2.45) is 5.84 Å². The van der Waals surface area contributed by atoms with Gasteiger partial charge in [-0.15, -0.1) is 0 Å². The number of nitrogens with zero attached hydrogens (tertiary/aromatic N) is 5. The molecule has 0 saturated carbocycles. The monoisotopic (exact) mass is 277 g/mol. The van der Waals surface area contributed by atoms with Crippen molar-refractivity contribution in [1.29, 1.82) is 0 Å². The van der Waals surface area contributed by atoms with Crippen molar-refractivity contribution in [3.05, 3.63) is 18.6 Å². The minimum absolute atomic E-state index is 0.00414. The summed E-state index contributed by atoms with van der Waals surface area (Å²) >= 11 is 0. The fraction of sp³-hybridized carbons (Fsp3) is 0.417. The van der Waals surface area contributed by atoms with E-state index in [0.717, 1.165) is 0 Å². The molecule has 108 valence electrons. The normalized spacial score (nSPS) is 10.6. The van der Waals surface area contributed by atoms with E-state index in [1.807, 2.05) is 22.4 Å². The molecule has 2 aromatic heterocycles. The van der Waals surface area contributed by atoms with Gasteiger partial charge in [-0.05, 0) is 6.92 Å². The third kappa shape index (κ3) is 2.64. The van der Waals surface area contributed by atoms with Gasteiger partial charge in [0, 0.05) is 33.0 Å². The summed E-state index contributed by atoms with van der Waals surface area (Å²) in [5.41, 5.74) is 3.21. The molecule has 0 aliphatic rings. The van der Waals surface area contributed by atoms with Gasteiger partial charge in [-0.1, -0.05) is 0 Å². The Morgan fingerprint density at radius 1 is 1.50 bits per heavy atom. The van der Waals surface area contributed by atoms with Crippen LogP contribution in [0.25, 0.3) is 5.65 Å². The van der Waals surface area contributed by atoms with E-state index >= 15 is 0 Å². The second kappa shape index (κ2) is 5.74. The number of amides is 1. The lowest BCUT2D eigenvalue weighted by molar-refractivity contribution is -0.127. The molecule has 20 heavy (non-hydrogen) atoms. The SMILES string of the molecule is CCN(CC(=O)N(C)C)c1nc(NN)cn2ccnc12. The number of rotatable bonds is 5. The summed E-state index contributed by atoms with van der Waals surface area (Å²) in [4.78, 5) is 24.0. The molecule has 8 nitrogen and oxygen atoms in total. The lowest BCUT2D eigenvalue weighted by Crippen LogP contribution is -2.37. The van der Waals surface area contributed by atoms with Crippen LogP contribution in [0.1, 0.15) is 6.92 Å². The number of hydrogen-bond acceptors (Lipinski definition) is 6. The van der Waals surface area contributed by atoms with E-state index < -0.39 is 0 Å². The average molecular weight is 277 g/mol. The predicted molar refractivity (Wildman–Crippen MR) is 77.4 cm³/mol. The summed E-state index contributed by atoms with van der Waals surface area (Å²) in [7, 11) is 3.46. The van der Waals surface area contributed by atoms with Crippen molar-refractivity contribution in [2.75, 3.05) is 37.5 Å². The summed E-state index contributed by atoms with van der Waals surface area (Å²) in [5.74, 6) is 6.58. The van der Waals surface area contributed by atoms with Gasteiger partial charge in [-0.3, -0.25) is 4.79 Å². The Hall–Kier alpha value is -2.35. The first kappa shape index (κ1) is 14.1. The highest BCUT2D eigenvalue weighted by atomic mass is 16.2. The number of carbonyl (C=O) groups excluding carboxylic acids is 1. The molecule has 0 fully saturated rings. The highest BCUT2D eigenvalue weighted by Crippen LogP contribution is 2.20. The van der Waals surface area contributed by atoms with Crippen LogP contribution >= 0.6 is 0 Å². The van der Waals surface area contributed by atoms with E-state index in [-0.39, 0.29) is 12.5 Å². The van der Waals surface area contributed by atoms with Gasteiger partial charge < -0.3 is 19.6 Å². The van der Waals surface area contributed by atoms with Crippen molar-refractivity contribution in [3.63, 3.8) is 0 Å². The summed E-state index contributed by atoms with van der Waals surface area (Å²) in [6, 6.07) is 0. The summed E-state index contributed by atoms with van der Waals surface area (Å²) < 4.78 is 1.82. The number of carbonyl (C=O) groups is 1. The lowest BCUT2D eigenvalue weighted by Gasteiger charge is -2.23. The van der Waals surface area contributed by atoms with Crippen LogP contribution in [0.3, 0.4) is 0 Å². The lowest BCUT2D eigenvalue weighted by atomic mass is 10.4. The molecule has 0 radical (unpaired) electrons. The molecule has 0 aromatic carbocycles. The Kier molecular flexibility index (Phi) is 4.04. The second-order valence-corrected chi connectivity index (χ2v) is 4.55. The predicted octanol–water partition coefficient (Wildman–Crippen LogP) is -0.0706. The zero-order chi connectivity index (χ0) is 14.7. The molecule has 0 aliphatic heterocycles. The smallest absolute Gasteiger partial charge is 0.241 e. The zero-order valence-electron chi connectivity index (χ0n) is 11.9. The molecule has 2 heterocycles. The van der Waals surface area contributed by atoms with Crippen LogP contribution in [0.15, 0.2) is 18.6 Å². The van der Waals surface area contributed by atoms with Crippen LogP contribution in [0.4, 0.5) is 11.6 Å². The minimum Gasteiger partial charge on any atom is -0.347 e. The fourth-order valence-corrected chi connectivity index (χ4v) is 1.84. The van der Waals surface area contributed by atoms with E-state index in [1.54, 1.807) is 31.4 Å². The van der Waals surface area contributed by atoms with E-state index in [2.05, 4.69) is 15.4 Å². The minimum atomic E-state index is 0.00414. The number of nitrogen functional groups attached to an aromatic ring is 1. The van der Waals surface area contributed by atoms with E-state index in [1.165, 1.54) is 0 Å². The molecule has 3 N–H and O–H groups in total. The standard InChI is InChI=1S/C12H19N7O/c1-4-18(8-10(20)17(2)3)12-11-14-5-6-19(11)7-9(15-12)16-13/h5-7,16H,4,8,13H2,1-3H3. The zero-order valence-corrected chi connectivity index (χ0v) is 11.9. The Morgan fingerprint density at radius 3 is 2.85 bits per heavy atom. The van der Waals surface area contributed by atoms with Gasteiger partial charge in [0.25, 0.3) is 0 Å². The summed E-state index contributed by atoms with van der Waals surface area (Å²) in [6.07, 6.45) is 5.23. The molecular formula is C12H19N7O. The fourth-order valence-electron chi connectivity index (χ4n) is 1.84. The van der Waals surface area contributed by atoms with Crippen molar-refractivity contribution in [2.45, 2.75) is 6.92 Å². The van der Waals surface area contributed by atoms with Crippen molar-refractivity contribution < 1.29 is 4.79 Å². The maximum atomic E-state index is 11.9. The van der Waals surface area contributed by atoms with Gasteiger partial charge in [-0.25, -0.2) is 15.8 Å². The highest BCUT2D eigenvalue weighted by Gasteiger charge is 2.17. The first-order chi connectivity index (χ1) is 9.56. The number of hydrazine groups is 1.